The second kappa shape index (κ2) is 4.32. The van der Waals surface area contributed by atoms with Crippen LogP contribution in [0.1, 0.15) is 45.4 Å². The summed E-state index contributed by atoms with van der Waals surface area (Å²) < 4.78 is 0. The van der Waals surface area contributed by atoms with Gasteiger partial charge in [0.25, 0.3) is 0 Å². The van der Waals surface area contributed by atoms with Crippen LogP contribution in [0.2, 0.25) is 0 Å². The Morgan fingerprint density at radius 1 is 1.55 bits per heavy atom. The number of carbonyl (C=O) groups excluding carboxylic acids is 1. The van der Waals surface area contributed by atoms with Gasteiger partial charge in [-0.3, -0.25) is 4.79 Å². The molecule has 1 nitrogen and oxygen atoms in total. The normalized spacial score (nSPS) is 18.3. The zero-order chi connectivity index (χ0) is 8.10. The molecule has 1 heteroatoms. The molecule has 1 aliphatic rings. The number of hydrogen-bond acceptors (Lipinski definition) is 1. The van der Waals surface area contributed by atoms with Gasteiger partial charge in [0.15, 0.2) is 0 Å². The number of ketones is 1. The second-order valence-electron chi connectivity index (χ2n) is 3.22. The molecule has 0 atom stereocenters. The Morgan fingerprint density at radius 3 is 3.00 bits per heavy atom. The standard InChI is InChI=1S/C10H16O/c1-2-3-5-9-6-4-7-10(11)8-9/h6H,2-5,7-8H2,1H3. The van der Waals surface area contributed by atoms with Crippen molar-refractivity contribution in [1.29, 1.82) is 0 Å². The first kappa shape index (κ1) is 8.51. The van der Waals surface area contributed by atoms with E-state index in [0.717, 1.165) is 25.7 Å². The SMILES string of the molecule is CCCCC1=CCCC(=O)C1. The minimum absolute atomic E-state index is 0.429. The summed E-state index contributed by atoms with van der Waals surface area (Å²) in [5.41, 5.74) is 1.38. The van der Waals surface area contributed by atoms with Crippen molar-refractivity contribution in [3.8, 4) is 0 Å². The van der Waals surface area contributed by atoms with E-state index in [9.17, 15) is 4.79 Å². The molecule has 0 aromatic heterocycles. The molecule has 11 heavy (non-hydrogen) atoms. The van der Waals surface area contributed by atoms with Crippen LogP contribution in [0.3, 0.4) is 0 Å². The van der Waals surface area contributed by atoms with Crippen LogP contribution in [0.15, 0.2) is 11.6 Å². The number of Topliss-reactive ketones (excluding diaryl/α,β-unsaturated/α-hetero) is 1. The van der Waals surface area contributed by atoms with Gasteiger partial charge in [-0.2, -0.15) is 0 Å². The van der Waals surface area contributed by atoms with Gasteiger partial charge in [0.1, 0.15) is 5.78 Å². The van der Waals surface area contributed by atoms with E-state index in [2.05, 4.69) is 13.0 Å². The first-order valence-corrected chi connectivity index (χ1v) is 4.52. The molecule has 0 N–H and O–H groups in total. The van der Waals surface area contributed by atoms with Crippen molar-refractivity contribution in [1.82, 2.24) is 0 Å². The third-order valence-corrected chi connectivity index (χ3v) is 2.13. The van der Waals surface area contributed by atoms with Gasteiger partial charge in [-0.15, -0.1) is 0 Å². The van der Waals surface area contributed by atoms with Crippen molar-refractivity contribution in [2.24, 2.45) is 0 Å². The molecular weight excluding hydrogens is 136 g/mol. The molecule has 0 fully saturated rings. The molecule has 0 amide bonds. The van der Waals surface area contributed by atoms with E-state index in [4.69, 9.17) is 0 Å². The fourth-order valence-electron chi connectivity index (χ4n) is 1.45. The van der Waals surface area contributed by atoms with E-state index in [-0.39, 0.29) is 0 Å². The van der Waals surface area contributed by atoms with Gasteiger partial charge in [-0.05, 0) is 19.3 Å². The van der Waals surface area contributed by atoms with Crippen LogP contribution >= 0.6 is 0 Å². The van der Waals surface area contributed by atoms with E-state index in [1.54, 1.807) is 0 Å². The summed E-state index contributed by atoms with van der Waals surface area (Å²) in [4.78, 5) is 11.0. The number of unbranched alkanes of at least 4 members (excludes halogenated alkanes) is 1. The minimum Gasteiger partial charge on any atom is -0.299 e. The fraction of sp³-hybridized carbons (Fsp3) is 0.700. The van der Waals surface area contributed by atoms with Crippen molar-refractivity contribution < 1.29 is 4.79 Å². The van der Waals surface area contributed by atoms with Crippen molar-refractivity contribution in [3.05, 3.63) is 11.6 Å². The lowest BCUT2D eigenvalue weighted by molar-refractivity contribution is -0.118. The number of rotatable bonds is 3. The van der Waals surface area contributed by atoms with Crippen LogP contribution in [-0.2, 0) is 4.79 Å². The summed E-state index contributed by atoms with van der Waals surface area (Å²) in [6.45, 7) is 2.19. The number of hydrogen-bond donors (Lipinski definition) is 0. The average Bonchev–Trinajstić information content (AvgIpc) is 2.01. The van der Waals surface area contributed by atoms with Gasteiger partial charge < -0.3 is 0 Å². The Hall–Kier alpha value is -0.590. The molecule has 0 saturated carbocycles. The zero-order valence-corrected chi connectivity index (χ0v) is 7.23. The molecule has 0 bridgehead atoms. The summed E-state index contributed by atoms with van der Waals surface area (Å²) in [7, 11) is 0. The van der Waals surface area contributed by atoms with Crippen LogP contribution in [-0.4, -0.2) is 5.78 Å². The molecule has 62 valence electrons. The van der Waals surface area contributed by atoms with Crippen LogP contribution in [0.5, 0.6) is 0 Å². The molecule has 0 aromatic rings. The summed E-state index contributed by atoms with van der Waals surface area (Å²) in [6, 6.07) is 0. The second-order valence-corrected chi connectivity index (χ2v) is 3.22. The molecule has 0 spiro atoms. The first-order valence-electron chi connectivity index (χ1n) is 4.52. The maximum absolute atomic E-state index is 11.0. The molecule has 0 radical (unpaired) electrons. The Labute approximate surface area is 68.5 Å². The van der Waals surface area contributed by atoms with Gasteiger partial charge in [-0.25, -0.2) is 0 Å². The topological polar surface area (TPSA) is 17.1 Å². The lowest BCUT2D eigenvalue weighted by atomic mass is 9.95. The van der Waals surface area contributed by atoms with Gasteiger partial charge in [0.2, 0.25) is 0 Å². The molecule has 0 unspecified atom stereocenters. The molecular formula is C10H16O. The van der Waals surface area contributed by atoms with Crippen molar-refractivity contribution in [2.45, 2.75) is 45.4 Å². The van der Waals surface area contributed by atoms with E-state index in [1.807, 2.05) is 0 Å². The van der Waals surface area contributed by atoms with Gasteiger partial charge >= 0.3 is 0 Å². The highest BCUT2D eigenvalue weighted by atomic mass is 16.1. The van der Waals surface area contributed by atoms with Crippen LogP contribution < -0.4 is 0 Å². The maximum Gasteiger partial charge on any atom is 0.137 e. The van der Waals surface area contributed by atoms with Crippen molar-refractivity contribution >= 4 is 5.78 Å². The molecule has 0 saturated heterocycles. The maximum atomic E-state index is 11.0. The number of allylic oxidation sites excluding steroid dienone is 2. The van der Waals surface area contributed by atoms with Crippen LogP contribution in [0.4, 0.5) is 0 Å². The van der Waals surface area contributed by atoms with Crippen molar-refractivity contribution in [2.75, 3.05) is 0 Å². The predicted molar refractivity (Wildman–Crippen MR) is 46.5 cm³/mol. The fourth-order valence-corrected chi connectivity index (χ4v) is 1.45. The summed E-state index contributed by atoms with van der Waals surface area (Å²) in [5, 5.41) is 0. The third kappa shape index (κ3) is 2.87. The Kier molecular flexibility index (Phi) is 3.34. The van der Waals surface area contributed by atoms with Gasteiger partial charge in [0.05, 0.1) is 0 Å². The predicted octanol–water partition coefficient (Wildman–Crippen LogP) is 2.86. The highest BCUT2D eigenvalue weighted by Gasteiger charge is 2.09. The largest absolute Gasteiger partial charge is 0.299 e. The Balaban J connectivity index is 2.32. The zero-order valence-electron chi connectivity index (χ0n) is 7.23. The minimum atomic E-state index is 0.429. The highest BCUT2D eigenvalue weighted by molar-refractivity contribution is 5.82. The smallest absolute Gasteiger partial charge is 0.137 e. The molecule has 0 heterocycles. The third-order valence-electron chi connectivity index (χ3n) is 2.13. The van der Waals surface area contributed by atoms with Gasteiger partial charge in [-0.1, -0.05) is 25.0 Å². The van der Waals surface area contributed by atoms with E-state index < -0.39 is 0 Å². The number of carbonyl (C=O) groups is 1. The van der Waals surface area contributed by atoms with Crippen LogP contribution in [0.25, 0.3) is 0 Å². The van der Waals surface area contributed by atoms with Crippen molar-refractivity contribution in [3.63, 3.8) is 0 Å². The highest BCUT2D eigenvalue weighted by Crippen LogP contribution is 2.19. The lowest BCUT2D eigenvalue weighted by Gasteiger charge is -2.10. The molecule has 0 aliphatic heterocycles. The lowest BCUT2D eigenvalue weighted by Crippen LogP contribution is -2.04. The summed E-state index contributed by atoms with van der Waals surface area (Å²) in [5.74, 6) is 0.429. The first-order chi connectivity index (χ1) is 5.33. The average molecular weight is 152 g/mol. The molecule has 1 aliphatic carbocycles. The molecule has 0 aromatic carbocycles. The quantitative estimate of drug-likeness (QED) is 0.568. The summed E-state index contributed by atoms with van der Waals surface area (Å²) >= 11 is 0. The monoisotopic (exact) mass is 152 g/mol. The molecule has 1 rings (SSSR count). The Bertz CT molecular complexity index is 168. The van der Waals surface area contributed by atoms with E-state index >= 15 is 0 Å². The Morgan fingerprint density at radius 2 is 2.36 bits per heavy atom. The van der Waals surface area contributed by atoms with Crippen LogP contribution in [0, 0.1) is 0 Å². The van der Waals surface area contributed by atoms with E-state index in [1.165, 1.54) is 18.4 Å². The van der Waals surface area contributed by atoms with E-state index in [0.29, 0.717) is 5.78 Å². The van der Waals surface area contributed by atoms with Gasteiger partial charge in [0, 0.05) is 12.8 Å². The summed E-state index contributed by atoms with van der Waals surface area (Å²) in [6.07, 6.45) is 8.34.